The van der Waals surface area contributed by atoms with Crippen LogP contribution in [0.3, 0.4) is 0 Å². The molecule has 3 heteroatoms. The van der Waals surface area contributed by atoms with Gasteiger partial charge < -0.3 is 4.42 Å². The van der Waals surface area contributed by atoms with Gasteiger partial charge in [-0.25, -0.2) is 9.97 Å². The molecule has 2 aromatic heterocycles. The third kappa shape index (κ3) is 4.29. The molecular weight excluding hydrogens is 548 g/mol. The van der Waals surface area contributed by atoms with Gasteiger partial charge in [-0.1, -0.05) is 133 Å². The minimum atomic E-state index is 0.701. The van der Waals surface area contributed by atoms with E-state index in [9.17, 15) is 0 Å². The Labute approximate surface area is 260 Å². The number of aromatic nitrogens is 2. The fourth-order valence-corrected chi connectivity index (χ4v) is 6.51. The van der Waals surface area contributed by atoms with Crippen LogP contribution in [0.25, 0.3) is 88.5 Å². The van der Waals surface area contributed by atoms with Crippen LogP contribution in [-0.4, -0.2) is 9.97 Å². The van der Waals surface area contributed by atoms with E-state index in [2.05, 4.69) is 133 Å². The van der Waals surface area contributed by atoms with Gasteiger partial charge in [-0.15, -0.1) is 0 Å². The largest absolute Gasteiger partial charge is 0.456 e. The predicted molar refractivity (Wildman–Crippen MR) is 186 cm³/mol. The molecule has 0 fully saturated rings. The second-order valence-corrected chi connectivity index (χ2v) is 11.4. The maximum Gasteiger partial charge on any atom is 0.160 e. The predicted octanol–water partition coefficient (Wildman–Crippen LogP) is 11.4. The van der Waals surface area contributed by atoms with Crippen LogP contribution in [0.2, 0.25) is 0 Å². The number of benzene rings is 7. The summed E-state index contributed by atoms with van der Waals surface area (Å²) in [5, 5.41) is 5.55. The molecule has 0 unspecified atom stereocenters. The van der Waals surface area contributed by atoms with Crippen LogP contribution in [0.1, 0.15) is 0 Å². The van der Waals surface area contributed by atoms with Crippen LogP contribution in [0.4, 0.5) is 0 Å². The van der Waals surface area contributed by atoms with Gasteiger partial charge >= 0.3 is 0 Å². The third-order valence-electron chi connectivity index (χ3n) is 8.69. The molecule has 45 heavy (non-hydrogen) atoms. The minimum absolute atomic E-state index is 0.701. The van der Waals surface area contributed by atoms with Crippen molar-refractivity contribution in [3.63, 3.8) is 0 Å². The van der Waals surface area contributed by atoms with Crippen LogP contribution >= 0.6 is 0 Å². The van der Waals surface area contributed by atoms with E-state index in [-0.39, 0.29) is 0 Å². The smallest absolute Gasteiger partial charge is 0.160 e. The Morgan fingerprint density at radius 2 is 1.07 bits per heavy atom. The average Bonchev–Trinajstić information content (AvgIpc) is 3.51. The molecule has 0 amide bonds. The highest BCUT2D eigenvalue weighted by atomic mass is 16.3. The highest BCUT2D eigenvalue weighted by molar-refractivity contribution is 6.13. The van der Waals surface area contributed by atoms with E-state index < -0.39 is 0 Å². The number of hydrogen-bond acceptors (Lipinski definition) is 3. The van der Waals surface area contributed by atoms with E-state index in [1.54, 1.807) is 0 Å². The van der Waals surface area contributed by atoms with Gasteiger partial charge in [0, 0.05) is 32.7 Å². The van der Waals surface area contributed by atoms with Gasteiger partial charge in [0.1, 0.15) is 11.2 Å². The second-order valence-electron chi connectivity index (χ2n) is 11.4. The van der Waals surface area contributed by atoms with Gasteiger partial charge in [0.25, 0.3) is 0 Å². The van der Waals surface area contributed by atoms with Crippen molar-refractivity contribution in [2.45, 2.75) is 0 Å². The normalized spacial score (nSPS) is 11.6. The lowest BCUT2D eigenvalue weighted by molar-refractivity contribution is 0.669. The van der Waals surface area contributed by atoms with Gasteiger partial charge in [0.15, 0.2) is 5.82 Å². The molecule has 0 radical (unpaired) electrons. The summed E-state index contributed by atoms with van der Waals surface area (Å²) < 4.78 is 6.20. The zero-order valence-corrected chi connectivity index (χ0v) is 24.3. The van der Waals surface area contributed by atoms with E-state index in [4.69, 9.17) is 14.4 Å². The van der Waals surface area contributed by atoms with Crippen molar-refractivity contribution < 1.29 is 4.42 Å². The van der Waals surface area contributed by atoms with E-state index in [1.807, 2.05) is 24.3 Å². The topological polar surface area (TPSA) is 38.9 Å². The van der Waals surface area contributed by atoms with Crippen LogP contribution in [0, 0.1) is 0 Å². The Morgan fingerprint density at radius 3 is 1.96 bits per heavy atom. The molecule has 0 aliphatic rings. The number of hydrogen-bond donors (Lipinski definition) is 0. The highest BCUT2D eigenvalue weighted by Gasteiger charge is 2.16. The van der Waals surface area contributed by atoms with Gasteiger partial charge in [-0.3, -0.25) is 0 Å². The molecule has 2 heterocycles. The average molecular weight is 575 g/mol. The highest BCUT2D eigenvalue weighted by Crippen LogP contribution is 2.39. The van der Waals surface area contributed by atoms with Crippen molar-refractivity contribution in [2.75, 3.05) is 0 Å². The van der Waals surface area contributed by atoms with Crippen molar-refractivity contribution in [1.82, 2.24) is 9.97 Å². The van der Waals surface area contributed by atoms with Crippen molar-refractivity contribution in [3.05, 3.63) is 158 Å². The Kier molecular flexibility index (Phi) is 5.82. The second kappa shape index (κ2) is 10.3. The fourth-order valence-electron chi connectivity index (χ4n) is 6.51. The standard InChI is InChI=1S/C42H26N2O/c1-2-10-27(11-3-1)28-20-22-30(23-21-28)40-36-25-24-29-12-4-5-15-34(29)41(36)44-42(43-40)32-14-8-13-31(26-32)33-17-9-19-38-39(33)35-16-6-7-18-37(35)45-38/h1-26H. The molecule has 210 valence electrons. The monoisotopic (exact) mass is 574 g/mol. The first kappa shape index (κ1) is 25.4. The summed E-state index contributed by atoms with van der Waals surface area (Å²) in [7, 11) is 0. The molecule has 0 atom stereocenters. The lowest BCUT2D eigenvalue weighted by Crippen LogP contribution is -1.96. The number of fused-ring (bicyclic) bond motifs is 6. The van der Waals surface area contributed by atoms with E-state index >= 15 is 0 Å². The summed E-state index contributed by atoms with van der Waals surface area (Å²) in [5.74, 6) is 0.701. The van der Waals surface area contributed by atoms with Crippen LogP contribution < -0.4 is 0 Å². The lowest BCUT2D eigenvalue weighted by atomic mass is 9.97. The molecule has 9 rings (SSSR count). The lowest BCUT2D eigenvalue weighted by Gasteiger charge is -2.13. The molecule has 0 aliphatic carbocycles. The first-order valence-corrected chi connectivity index (χ1v) is 15.2. The summed E-state index contributed by atoms with van der Waals surface area (Å²) in [6.07, 6.45) is 0. The summed E-state index contributed by atoms with van der Waals surface area (Å²) in [4.78, 5) is 10.5. The van der Waals surface area contributed by atoms with Crippen molar-refractivity contribution in [2.24, 2.45) is 0 Å². The van der Waals surface area contributed by atoms with Gasteiger partial charge in [0.2, 0.25) is 0 Å². The van der Waals surface area contributed by atoms with Gasteiger partial charge in [-0.05, 0) is 51.9 Å². The Balaban J connectivity index is 1.24. The number of para-hydroxylation sites is 1. The van der Waals surface area contributed by atoms with Crippen molar-refractivity contribution in [3.8, 4) is 44.9 Å². The summed E-state index contributed by atoms with van der Waals surface area (Å²) >= 11 is 0. The minimum Gasteiger partial charge on any atom is -0.456 e. The molecule has 7 aromatic carbocycles. The summed E-state index contributed by atoms with van der Waals surface area (Å²) in [6, 6.07) is 55.0. The van der Waals surface area contributed by atoms with E-state index in [0.29, 0.717) is 5.82 Å². The first-order valence-electron chi connectivity index (χ1n) is 15.2. The molecular formula is C42H26N2O. The maximum atomic E-state index is 6.20. The molecule has 0 N–H and O–H groups in total. The zero-order chi connectivity index (χ0) is 29.7. The molecule has 0 aliphatic heterocycles. The van der Waals surface area contributed by atoms with Gasteiger partial charge in [0.05, 0.1) is 11.2 Å². The quantitative estimate of drug-likeness (QED) is 0.196. The Morgan fingerprint density at radius 1 is 0.400 bits per heavy atom. The summed E-state index contributed by atoms with van der Waals surface area (Å²) in [5.41, 5.74) is 10.3. The van der Waals surface area contributed by atoms with Crippen LogP contribution in [-0.2, 0) is 0 Å². The van der Waals surface area contributed by atoms with E-state index in [1.165, 1.54) is 11.1 Å². The number of rotatable bonds is 4. The zero-order valence-electron chi connectivity index (χ0n) is 24.3. The van der Waals surface area contributed by atoms with Crippen molar-refractivity contribution in [1.29, 1.82) is 0 Å². The van der Waals surface area contributed by atoms with Gasteiger partial charge in [-0.2, -0.15) is 0 Å². The summed E-state index contributed by atoms with van der Waals surface area (Å²) in [6.45, 7) is 0. The molecule has 0 saturated carbocycles. The molecule has 0 saturated heterocycles. The van der Waals surface area contributed by atoms with Crippen LogP contribution in [0.15, 0.2) is 162 Å². The first-order chi connectivity index (χ1) is 22.3. The Bertz CT molecular complexity index is 2530. The van der Waals surface area contributed by atoms with Crippen LogP contribution in [0.5, 0.6) is 0 Å². The Hall–Kier alpha value is -6.06. The number of furan rings is 1. The third-order valence-corrected chi connectivity index (χ3v) is 8.69. The maximum absolute atomic E-state index is 6.20. The fraction of sp³-hybridized carbons (Fsp3) is 0. The number of nitrogens with zero attached hydrogens (tertiary/aromatic N) is 2. The molecule has 0 spiro atoms. The molecule has 3 nitrogen and oxygen atoms in total. The van der Waals surface area contributed by atoms with E-state index in [0.717, 1.165) is 71.6 Å². The SMILES string of the molecule is c1ccc(-c2ccc(-c3nc(-c4cccc(-c5cccc6oc7ccccc7c56)c4)nc4c3ccc3ccccc34)cc2)cc1. The molecule has 9 aromatic rings. The van der Waals surface area contributed by atoms with Crippen molar-refractivity contribution >= 4 is 43.6 Å². The molecule has 0 bridgehead atoms.